The summed E-state index contributed by atoms with van der Waals surface area (Å²) in [6, 6.07) is 2.18. The van der Waals surface area contributed by atoms with Crippen molar-refractivity contribution in [3.05, 3.63) is 22.4 Å². The van der Waals surface area contributed by atoms with Crippen LogP contribution in [-0.2, 0) is 4.74 Å². The Hall–Kier alpha value is -0.340. The zero-order valence-corrected chi connectivity index (χ0v) is 17.2. The normalized spacial score (nSPS) is 12.9. The molecule has 0 bridgehead atoms. The van der Waals surface area contributed by atoms with Crippen LogP contribution in [0.3, 0.4) is 0 Å². The van der Waals surface area contributed by atoms with Crippen LogP contribution in [0.15, 0.2) is 21.8 Å². The van der Waals surface area contributed by atoms with E-state index in [4.69, 9.17) is 4.74 Å². The van der Waals surface area contributed by atoms with E-state index in [9.17, 15) is 0 Å². The average Bonchev–Trinajstić information content (AvgIpc) is 2.99. The van der Waals surface area contributed by atoms with E-state index in [1.54, 1.807) is 18.4 Å². The standard InChI is InChI=1S/C16H29N3OS.HI/c1-13(2)11-20-8-5-7-18-16(17-4)19-10-14(3)15-6-9-21-12-15;/h6,9,12-14H,5,7-8,10-11H2,1-4H3,(H2,17,18,19);1H. The third-order valence-corrected chi connectivity index (χ3v) is 3.82. The van der Waals surface area contributed by atoms with Crippen molar-refractivity contribution < 1.29 is 4.74 Å². The molecule has 0 spiro atoms. The second kappa shape index (κ2) is 13.1. The SMILES string of the molecule is CN=C(NCCCOCC(C)C)NCC(C)c1ccsc1.I. The Morgan fingerprint density at radius 1 is 1.32 bits per heavy atom. The van der Waals surface area contributed by atoms with Crippen LogP contribution in [0.25, 0.3) is 0 Å². The van der Waals surface area contributed by atoms with Crippen molar-refractivity contribution in [3.8, 4) is 0 Å². The van der Waals surface area contributed by atoms with Gasteiger partial charge in [-0.3, -0.25) is 4.99 Å². The number of hydrogen-bond acceptors (Lipinski definition) is 3. The maximum atomic E-state index is 5.56. The molecule has 2 N–H and O–H groups in total. The molecule has 0 radical (unpaired) electrons. The Kier molecular flexibility index (Phi) is 12.9. The highest BCUT2D eigenvalue weighted by Gasteiger charge is 2.06. The van der Waals surface area contributed by atoms with Gasteiger partial charge in [0.2, 0.25) is 0 Å². The zero-order valence-electron chi connectivity index (χ0n) is 14.1. The van der Waals surface area contributed by atoms with Gasteiger partial charge in [0.25, 0.3) is 0 Å². The number of rotatable bonds is 9. The summed E-state index contributed by atoms with van der Waals surface area (Å²) in [4.78, 5) is 4.24. The molecule has 0 saturated carbocycles. The van der Waals surface area contributed by atoms with E-state index in [0.29, 0.717) is 11.8 Å². The van der Waals surface area contributed by atoms with Crippen LogP contribution in [0.2, 0.25) is 0 Å². The molecule has 0 aliphatic rings. The largest absolute Gasteiger partial charge is 0.381 e. The highest BCUT2D eigenvalue weighted by Crippen LogP contribution is 2.16. The van der Waals surface area contributed by atoms with Gasteiger partial charge in [-0.1, -0.05) is 20.8 Å². The molecule has 1 rings (SSSR count). The van der Waals surface area contributed by atoms with E-state index in [2.05, 4.69) is 53.2 Å². The van der Waals surface area contributed by atoms with Crippen LogP contribution < -0.4 is 10.6 Å². The molecular weight excluding hydrogens is 409 g/mol. The Balaban J connectivity index is 0.00000441. The summed E-state index contributed by atoms with van der Waals surface area (Å²) in [6.07, 6.45) is 0.994. The van der Waals surface area contributed by atoms with Crippen molar-refractivity contribution >= 4 is 41.3 Å². The van der Waals surface area contributed by atoms with Gasteiger partial charge in [0.15, 0.2) is 5.96 Å². The quantitative estimate of drug-likeness (QED) is 0.267. The number of halogens is 1. The fourth-order valence-corrected chi connectivity index (χ4v) is 2.63. The second-order valence-electron chi connectivity index (χ2n) is 5.66. The van der Waals surface area contributed by atoms with E-state index in [0.717, 1.165) is 38.7 Å². The maximum Gasteiger partial charge on any atom is 0.190 e. The number of ether oxygens (including phenoxy) is 1. The first kappa shape index (κ1) is 21.7. The molecule has 22 heavy (non-hydrogen) atoms. The monoisotopic (exact) mass is 439 g/mol. The van der Waals surface area contributed by atoms with Gasteiger partial charge >= 0.3 is 0 Å². The lowest BCUT2D eigenvalue weighted by Crippen LogP contribution is -2.39. The number of guanidine groups is 1. The van der Waals surface area contributed by atoms with Gasteiger partial charge < -0.3 is 15.4 Å². The van der Waals surface area contributed by atoms with Gasteiger partial charge in [0.05, 0.1) is 0 Å². The van der Waals surface area contributed by atoms with Crippen molar-refractivity contribution in [3.63, 3.8) is 0 Å². The molecule has 0 aromatic carbocycles. The molecule has 0 fully saturated rings. The van der Waals surface area contributed by atoms with Gasteiger partial charge in [0.1, 0.15) is 0 Å². The van der Waals surface area contributed by atoms with Crippen molar-refractivity contribution in [2.75, 3.05) is 33.4 Å². The Morgan fingerprint density at radius 3 is 2.68 bits per heavy atom. The molecule has 0 saturated heterocycles. The predicted molar refractivity (Wildman–Crippen MR) is 108 cm³/mol. The molecule has 0 aliphatic carbocycles. The number of nitrogens with one attached hydrogen (secondary N) is 2. The Bertz CT molecular complexity index is 396. The highest BCUT2D eigenvalue weighted by molar-refractivity contribution is 14.0. The summed E-state index contributed by atoms with van der Waals surface area (Å²) < 4.78 is 5.56. The zero-order chi connectivity index (χ0) is 15.5. The van der Waals surface area contributed by atoms with Crippen LogP contribution >= 0.6 is 35.3 Å². The molecule has 1 heterocycles. The minimum Gasteiger partial charge on any atom is -0.381 e. The van der Waals surface area contributed by atoms with Crippen LogP contribution in [0.5, 0.6) is 0 Å². The predicted octanol–water partition coefficient (Wildman–Crippen LogP) is 3.70. The lowest BCUT2D eigenvalue weighted by Gasteiger charge is -2.15. The summed E-state index contributed by atoms with van der Waals surface area (Å²) in [5.41, 5.74) is 1.38. The Morgan fingerprint density at radius 2 is 2.09 bits per heavy atom. The van der Waals surface area contributed by atoms with Gasteiger partial charge in [-0.2, -0.15) is 11.3 Å². The summed E-state index contributed by atoms with van der Waals surface area (Å²) in [5.74, 6) is 1.95. The number of aliphatic imine (C=N–C) groups is 1. The van der Waals surface area contributed by atoms with Crippen LogP contribution in [0, 0.1) is 5.92 Å². The third kappa shape index (κ3) is 9.63. The van der Waals surface area contributed by atoms with Crippen molar-refractivity contribution in [1.82, 2.24) is 10.6 Å². The van der Waals surface area contributed by atoms with Crippen LogP contribution in [0.4, 0.5) is 0 Å². The number of hydrogen-bond donors (Lipinski definition) is 2. The molecule has 1 aromatic rings. The maximum absolute atomic E-state index is 5.56. The first-order valence-electron chi connectivity index (χ1n) is 7.67. The van der Waals surface area contributed by atoms with Crippen molar-refractivity contribution in [2.45, 2.75) is 33.1 Å². The summed E-state index contributed by atoms with van der Waals surface area (Å²) >= 11 is 1.74. The van der Waals surface area contributed by atoms with Crippen molar-refractivity contribution in [2.24, 2.45) is 10.9 Å². The average molecular weight is 439 g/mol. The number of nitrogens with zero attached hydrogens (tertiary/aromatic N) is 1. The molecule has 1 atom stereocenters. The minimum absolute atomic E-state index is 0. The Labute approximate surface area is 156 Å². The molecule has 0 amide bonds. The molecule has 6 heteroatoms. The molecule has 0 aliphatic heterocycles. The molecule has 128 valence electrons. The fraction of sp³-hybridized carbons (Fsp3) is 0.688. The van der Waals surface area contributed by atoms with Gasteiger partial charge in [-0.15, -0.1) is 24.0 Å². The first-order chi connectivity index (χ1) is 10.1. The molecule has 4 nitrogen and oxygen atoms in total. The summed E-state index contributed by atoms with van der Waals surface area (Å²) in [6.45, 7) is 9.96. The molecule has 1 aromatic heterocycles. The first-order valence-corrected chi connectivity index (χ1v) is 8.62. The highest BCUT2D eigenvalue weighted by atomic mass is 127. The number of thiophene rings is 1. The minimum atomic E-state index is 0. The van der Waals surface area contributed by atoms with Gasteiger partial charge in [-0.05, 0) is 40.6 Å². The smallest absolute Gasteiger partial charge is 0.190 e. The molecule has 1 unspecified atom stereocenters. The third-order valence-electron chi connectivity index (χ3n) is 3.12. The van der Waals surface area contributed by atoms with Crippen LogP contribution in [0.1, 0.15) is 38.7 Å². The van der Waals surface area contributed by atoms with Crippen molar-refractivity contribution in [1.29, 1.82) is 0 Å². The summed E-state index contributed by atoms with van der Waals surface area (Å²) in [5, 5.41) is 11.0. The van der Waals surface area contributed by atoms with E-state index in [1.165, 1.54) is 5.56 Å². The summed E-state index contributed by atoms with van der Waals surface area (Å²) in [7, 11) is 1.81. The molecular formula is C16H30IN3OS. The fourth-order valence-electron chi connectivity index (χ4n) is 1.84. The van der Waals surface area contributed by atoms with Crippen LogP contribution in [-0.4, -0.2) is 39.3 Å². The van der Waals surface area contributed by atoms with E-state index in [-0.39, 0.29) is 24.0 Å². The van der Waals surface area contributed by atoms with E-state index in [1.807, 2.05) is 0 Å². The van der Waals surface area contributed by atoms with E-state index < -0.39 is 0 Å². The topological polar surface area (TPSA) is 45.7 Å². The lowest BCUT2D eigenvalue weighted by atomic mass is 10.1. The second-order valence-corrected chi connectivity index (χ2v) is 6.44. The van der Waals surface area contributed by atoms with E-state index >= 15 is 0 Å². The lowest BCUT2D eigenvalue weighted by molar-refractivity contribution is 0.108. The van der Waals surface area contributed by atoms with Gasteiger partial charge in [0, 0.05) is 33.4 Å². The van der Waals surface area contributed by atoms with Gasteiger partial charge in [-0.25, -0.2) is 0 Å².